The molecule has 128 valence electrons. The van der Waals surface area contributed by atoms with E-state index in [-0.39, 0.29) is 13.0 Å². The van der Waals surface area contributed by atoms with E-state index in [9.17, 15) is 19.5 Å². The van der Waals surface area contributed by atoms with Crippen molar-refractivity contribution in [1.29, 1.82) is 0 Å². The minimum Gasteiger partial charge on any atom is -0.548 e. The van der Waals surface area contributed by atoms with Gasteiger partial charge in [-0.3, -0.25) is 4.79 Å². The molecule has 1 aromatic carbocycles. The molecular weight excluding hydrogens is 314 g/mol. The first kappa shape index (κ1) is 17.5. The number of aliphatic carboxylic acids is 1. The van der Waals surface area contributed by atoms with Gasteiger partial charge in [-0.15, -0.1) is 0 Å². The van der Waals surface area contributed by atoms with Crippen LogP contribution in [0.2, 0.25) is 0 Å². The van der Waals surface area contributed by atoms with Gasteiger partial charge in [0.1, 0.15) is 11.3 Å². The number of carbonyl (C=O) groups excluding carboxylic acids is 2. The molecule has 24 heavy (non-hydrogen) atoms. The molecule has 7 heteroatoms. The van der Waals surface area contributed by atoms with Gasteiger partial charge >= 0.3 is 5.63 Å². The molecule has 1 N–H and O–H groups in total. The van der Waals surface area contributed by atoms with E-state index in [1.807, 2.05) is 6.92 Å². The summed E-state index contributed by atoms with van der Waals surface area (Å²) in [7, 11) is 0. The summed E-state index contributed by atoms with van der Waals surface area (Å²) in [5, 5.41) is 14.0. The topological polar surface area (TPSA) is 109 Å². The quantitative estimate of drug-likeness (QED) is 0.740. The van der Waals surface area contributed by atoms with Crippen LogP contribution in [0.15, 0.2) is 33.5 Å². The molecule has 1 heterocycles. The van der Waals surface area contributed by atoms with Gasteiger partial charge in [0.25, 0.3) is 5.91 Å². The summed E-state index contributed by atoms with van der Waals surface area (Å²) in [4.78, 5) is 34.1. The van der Waals surface area contributed by atoms with Crippen LogP contribution in [0.5, 0.6) is 5.75 Å². The second kappa shape index (κ2) is 7.63. The largest absolute Gasteiger partial charge is 0.548 e. The van der Waals surface area contributed by atoms with Crippen LogP contribution in [0.1, 0.15) is 25.3 Å². The van der Waals surface area contributed by atoms with E-state index in [0.717, 1.165) is 10.9 Å². The van der Waals surface area contributed by atoms with Gasteiger partial charge < -0.3 is 24.4 Å². The molecule has 2 rings (SSSR count). The molecule has 1 amide bonds. The molecule has 0 radical (unpaired) electrons. The van der Waals surface area contributed by atoms with Crippen molar-refractivity contribution in [2.75, 3.05) is 6.61 Å². The summed E-state index contributed by atoms with van der Waals surface area (Å²) in [6.45, 7) is 3.25. The van der Waals surface area contributed by atoms with Crippen LogP contribution in [0, 0.1) is 6.92 Å². The van der Waals surface area contributed by atoms with Gasteiger partial charge in [-0.25, -0.2) is 4.79 Å². The van der Waals surface area contributed by atoms with Crippen LogP contribution < -0.4 is 20.8 Å². The molecule has 0 aliphatic rings. The van der Waals surface area contributed by atoms with Crippen LogP contribution in [0.25, 0.3) is 11.0 Å². The molecule has 0 fully saturated rings. The normalized spacial score (nSPS) is 11.9. The van der Waals surface area contributed by atoms with E-state index in [1.165, 1.54) is 12.1 Å². The molecule has 0 saturated heterocycles. The SMILES string of the molecule is CCC[C@H](NC(=O)COc1ccc2c(C)cc(=O)oc2c1)C(=O)[O-]. The Bertz CT molecular complexity index is 810. The van der Waals surface area contributed by atoms with E-state index in [4.69, 9.17) is 9.15 Å². The number of nitrogens with one attached hydrogen (secondary N) is 1. The van der Waals surface area contributed by atoms with Gasteiger partial charge in [0, 0.05) is 17.5 Å². The minimum atomic E-state index is -1.33. The van der Waals surface area contributed by atoms with Gasteiger partial charge in [-0.05, 0) is 31.0 Å². The van der Waals surface area contributed by atoms with Crippen molar-refractivity contribution in [1.82, 2.24) is 5.32 Å². The summed E-state index contributed by atoms with van der Waals surface area (Å²) in [5.74, 6) is -1.55. The number of hydrogen-bond donors (Lipinski definition) is 1. The van der Waals surface area contributed by atoms with Crippen LogP contribution in [0.4, 0.5) is 0 Å². The number of fused-ring (bicyclic) bond motifs is 1. The molecule has 0 saturated carbocycles. The van der Waals surface area contributed by atoms with Gasteiger partial charge in [-0.1, -0.05) is 13.3 Å². The highest BCUT2D eigenvalue weighted by Crippen LogP contribution is 2.22. The summed E-state index contributed by atoms with van der Waals surface area (Å²) in [5.41, 5.74) is 0.671. The molecule has 1 aromatic heterocycles. The maximum Gasteiger partial charge on any atom is 0.336 e. The fourth-order valence-electron chi connectivity index (χ4n) is 2.32. The molecule has 0 bridgehead atoms. The number of carboxylic acid groups (broad SMARTS) is 1. The lowest BCUT2D eigenvalue weighted by atomic mass is 10.1. The highest BCUT2D eigenvalue weighted by atomic mass is 16.5. The first-order valence-corrected chi connectivity index (χ1v) is 7.58. The molecule has 0 unspecified atom stereocenters. The van der Waals surface area contributed by atoms with E-state index >= 15 is 0 Å². The van der Waals surface area contributed by atoms with Crippen molar-refractivity contribution in [2.24, 2.45) is 0 Å². The first-order valence-electron chi connectivity index (χ1n) is 7.58. The van der Waals surface area contributed by atoms with Gasteiger partial charge in [0.15, 0.2) is 6.61 Å². The number of aryl methyl sites for hydroxylation is 1. The molecule has 0 aliphatic carbocycles. The fourth-order valence-corrected chi connectivity index (χ4v) is 2.32. The highest BCUT2D eigenvalue weighted by Gasteiger charge is 2.13. The predicted molar refractivity (Wildman–Crippen MR) is 84.6 cm³/mol. The Balaban J connectivity index is 2.03. The average Bonchev–Trinajstić information content (AvgIpc) is 2.51. The van der Waals surface area contributed by atoms with E-state index < -0.39 is 23.5 Å². The number of carboxylic acids is 1. The Morgan fingerprint density at radius 1 is 1.33 bits per heavy atom. The molecule has 7 nitrogen and oxygen atoms in total. The maximum absolute atomic E-state index is 11.8. The van der Waals surface area contributed by atoms with Gasteiger partial charge in [0.05, 0.1) is 12.0 Å². The zero-order valence-electron chi connectivity index (χ0n) is 13.5. The van der Waals surface area contributed by atoms with Crippen LogP contribution >= 0.6 is 0 Å². The Labute approximate surface area is 138 Å². The van der Waals surface area contributed by atoms with Gasteiger partial charge in [-0.2, -0.15) is 0 Å². The number of rotatable bonds is 7. The number of carbonyl (C=O) groups is 2. The van der Waals surface area contributed by atoms with Gasteiger partial charge in [0.2, 0.25) is 0 Å². The smallest absolute Gasteiger partial charge is 0.336 e. The van der Waals surface area contributed by atoms with Crippen LogP contribution in [0.3, 0.4) is 0 Å². The maximum atomic E-state index is 11.8. The molecule has 0 aliphatic heterocycles. The Kier molecular flexibility index (Phi) is 5.57. The second-order valence-corrected chi connectivity index (χ2v) is 5.42. The van der Waals surface area contributed by atoms with Crippen LogP contribution in [-0.2, 0) is 9.59 Å². The zero-order chi connectivity index (χ0) is 17.7. The zero-order valence-corrected chi connectivity index (χ0v) is 13.5. The third-order valence-corrected chi connectivity index (χ3v) is 3.49. The Morgan fingerprint density at radius 3 is 2.75 bits per heavy atom. The third kappa shape index (κ3) is 4.34. The Hall–Kier alpha value is -2.83. The third-order valence-electron chi connectivity index (χ3n) is 3.49. The summed E-state index contributed by atoms with van der Waals surface area (Å²) in [6.07, 6.45) is 0.886. The number of amides is 1. The van der Waals surface area contributed by atoms with Crippen molar-refractivity contribution in [2.45, 2.75) is 32.7 Å². The minimum absolute atomic E-state index is 0.286. The lowest BCUT2D eigenvalue weighted by Crippen LogP contribution is -2.49. The lowest BCUT2D eigenvalue weighted by Gasteiger charge is -2.19. The van der Waals surface area contributed by atoms with Crippen molar-refractivity contribution in [3.05, 3.63) is 40.2 Å². The standard InChI is InChI=1S/C17H19NO6/c1-3-4-13(17(21)22)18-15(19)9-23-11-5-6-12-10(2)7-16(20)24-14(12)8-11/h5-8,13H,3-4,9H2,1-2H3,(H,18,19)(H,21,22)/p-1/t13-/m0/s1. The summed E-state index contributed by atoms with van der Waals surface area (Å²) < 4.78 is 10.4. The fraction of sp³-hybridized carbons (Fsp3) is 0.353. The second-order valence-electron chi connectivity index (χ2n) is 5.42. The van der Waals surface area contributed by atoms with Crippen molar-refractivity contribution in [3.63, 3.8) is 0 Å². The monoisotopic (exact) mass is 332 g/mol. The molecule has 1 atom stereocenters. The van der Waals surface area contributed by atoms with Crippen molar-refractivity contribution in [3.8, 4) is 5.75 Å². The number of ether oxygens (including phenoxy) is 1. The first-order chi connectivity index (χ1) is 11.4. The summed E-state index contributed by atoms with van der Waals surface area (Å²) in [6, 6.07) is 5.24. The summed E-state index contributed by atoms with van der Waals surface area (Å²) >= 11 is 0. The van der Waals surface area contributed by atoms with Crippen LogP contribution in [-0.4, -0.2) is 24.5 Å². The molecular formula is C17H18NO6-. The van der Waals surface area contributed by atoms with Crippen molar-refractivity contribution >= 4 is 22.8 Å². The average molecular weight is 332 g/mol. The number of benzene rings is 1. The van der Waals surface area contributed by atoms with E-state index in [0.29, 0.717) is 17.8 Å². The predicted octanol–water partition coefficient (Wildman–Crippen LogP) is 0.515. The van der Waals surface area contributed by atoms with E-state index in [1.54, 1.807) is 19.1 Å². The molecule has 0 spiro atoms. The van der Waals surface area contributed by atoms with E-state index in [2.05, 4.69) is 5.32 Å². The highest BCUT2D eigenvalue weighted by molar-refractivity contribution is 5.84. The number of hydrogen-bond acceptors (Lipinski definition) is 6. The van der Waals surface area contributed by atoms with Crippen molar-refractivity contribution < 1.29 is 23.8 Å². The lowest BCUT2D eigenvalue weighted by molar-refractivity contribution is -0.308. The molecule has 2 aromatic rings. The Morgan fingerprint density at radius 2 is 2.08 bits per heavy atom.